The van der Waals surface area contributed by atoms with Crippen molar-refractivity contribution in [2.45, 2.75) is 65.6 Å². The zero-order valence-electron chi connectivity index (χ0n) is 12.6. The van der Waals surface area contributed by atoms with Crippen molar-refractivity contribution >= 4 is 0 Å². The highest BCUT2D eigenvalue weighted by Crippen LogP contribution is 2.23. The van der Waals surface area contributed by atoms with Crippen molar-refractivity contribution < 1.29 is 9.84 Å². The molecular weight excluding hydrogens is 226 g/mol. The molecule has 108 valence electrons. The number of ether oxygens (including phenoxy) is 1. The SMILES string of the molecule is CCCN1CCOC(C(O)CCCC(C)(C)C)C1. The van der Waals surface area contributed by atoms with E-state index < -0.39 is 0 Å². The number of aliphatic hydroxyl groups excluding tert-OH is 1. The Labute approximate surface area is 113 Å². The average Bonchev–Trinajstić information content (AvgIpc) is 2.28. The van der Waals surface area contributed by atoms with Crippen molar-refractivity contribution in [3.8, 4) is 0 Å². The monoisotopic (exact) mass is 257 g/mol. The highest BCUT2D eigenvalue weighted by Gasteiger charge is 2.26. The molecule has 2 unspecified atom stereocenters. The van der Waals surface area contributed by atoms with Crippen LogP contribution in [-0.4, -0.2) is 48.5 Å². The summed E-state index contributed by atoms with van der Waals surface area (Å²) in [5.41, 5.74) is 0.362. The first-order chi connectivity index (χ1) is 8.42. The maximum Gasteiger partial charge on any atom is 0.0960 e. The van der Waals surface area contributed by atoms with Gasteiger partial charge in [-0.2, -0.15) is 0 Å². The van der Waals surface area contributed by atoms with Crippen LogP contribution in [0.2, 0.25) is 0 Å². The van der Waals surface area contributed by atoms with E-state index >= 15 is 0 Å². The van der Waals surface area contributed by atoms with Crippen molar-refractivity contribution in [2.24, 2.45) is 5.41 Å². The lowest BCUT2D eigenvalue weighted by atomic mass is 9.89. The van der Waals surface area contributed by atoms with Gasteiger partial charge in [0.1, 0.15) is 0 Å². The van der Waals surface area contributed by atoms with Crippen molar-refractivity contribution in [3.05, 3.63) is 0 Å². The predicted molar refractivity (Wildman–Crippen MR) is 75.8 cm³/mol. The Morgan fingerprint density at radius 3 is 2.72 bits per heavy atom. The Bertz CT molecular complexity index is 223. The van der Waals surface area contributed by atoms with Crippen LogP contribution in [0.25, 0.3) is 0 Å². The van der Waals surface area contributed by atoms with Crippen LogP contribution in [0.4, 0.5) is 0 Å². The second-order valence-corrected chi connectivity index (χ2v) is 6.73. The van der Waals surface area contributed by atoms with Gasteiger partial charge in [-0.05, 0) is 31.2 Å². The molecule has 0 radical (unpaired) electrons. The third-order valence-electron chi connectivity index (χ3n) is 3.57. The lowest BCUT2D eigenvalue weighted by Gasteiger charge is -2.35. The molecule has 18 heavy (non-hydrogen) atoms. The van der Waals surface area contributed by atoms with E-state index in [1.54, 1.807) is 0 Å². The lowest BCUT2D eigenvalue weighted by molar-refractivity contribution is -0.0909. The smallest absolute Gasteiger partial charge is 0.0960 e. The van der Waals surface area contributed by atoms with Gasteiger partial charge in [0.05, 0.1) is 18.8 Å². The Balaban J connectivity index is 2.26. The summed E-state index contributed by atoms with van der Waals surface area (Å²) in [7, 11) is 0. The summed E-state index contributed by atoms with van der Waals surface area (Å²) < 4.78 is 5.71. The first-order valence-corrected chi connectivity index (χ1v) is 7.44. The highest BCUT2D eigenvalue weighted by atomic mass is 16.5. The van der Waals surface area contributed by atoms with Crippen molar-refractivity contribution in [1.29, 1.82) is 0 Å². The largest absolute Gasteiger partial charge is 0.390 e. The van der Waals surface area contributed by atoms with Crippen LogP contribution in [0.15, 0.2) is 0 Å². The molecule has 3 heteroatoms. The van der Waals surface area contributed by atoms with Gasteiger partial charge in [0.15, 0.2) is 0 Å². The van der Waals surface area contributed by atoms with Gasteiger partial charge in [0, 0.05) is 13.1 Å². The molecule has 0 aliphatic carbocycles. The molecule has 1 aliphatic heterocycles. The van der Waals surface area contributed by atoms with Gasteiger partial charge in [-0.1, -0.05) is 34.1 Å². The van der Waals surface area contributed by atoms with Crippen LogP contribution < -0.4 is 0 Å². The van der Waals surface area contributed by atoms with E-state index in [1.165, 1.54) is 6.42 Å². The molecule has 0 spiro atoms. The van der Waals surface area contributed by atoms with Gasteiger partial charge < -0.3 is 9.84 Å². The van der Waals surface area contributed by atoms with Crippen LogP contribution >= 0.6 is 0 Å². The fourth-order valence-corrected chi connectivity index (χ4v) is 2.51. The molecule has 1 heterocycles. The lowest BCUT2D eigenvalue weighted by Crippen LogP contribution is -2.47. The molecule has 0 amide bonds. The van der Waals surface area contributed by atoms with E-state index in [0.717, 1.165) is 45.5 Å². The second-order valence-electron chi connectivity index (χ2n) is 6.73. The van der Waals surface area contributed by atoms with Gasteiger partial charge >= 0.3 is 0 Å². The van der Waals surface area contributed by atoms with E-state index in [-0.39, 0.29) is 12.2 Å². The van der Waals surface area contributed by atoms with Crippen LogP contribution in [0.3, 0.4) is 0 Å². The minimum absolute atomic E-state index is 0.0188. The molecule has 0 aromatic carbocycles. The summed E-state index contributed by atoms with van der Waals surface area (Å²) in [5.74, 6) is 0. The molecule has 1 aliphatic rings. The number of rotatable bonds is 6. The van der Waals surface area contributed by atoms with Crippen molar-refractivity contribution in [1.82, 2.24) is 4.90 Å². The Kier molecular flexibility index (Phi) is 6.61. The summed E-state index contributed by atoms with van der Waals surface area (Å²) in [5, 5.41) is 10.2. The van der Waals surface area contributed by atoms with E-state index in [1.807, 2.05) is 0 Å². The van der Waals surface area contributed by atoms with Crippen LogP contribution in [-0.2, 0) is 4.74 Å². The zero-order valence-corrected chi connectivity index (χ0v) is 12.6. The third kappa shape index (κ3) is 6.17. The predicted octanol–water partition coefficient (Wildman–Crippen LogP) is 2.67. The molecule has 1 fully saturated rings. The normalized spacial score (nSPS) is 24.2. The molecule has 0 aromatic rings. The maximum absolute atomic E-state index is 10.2. The third-order valence-corrected chi connectivity index (χ3v) is 3.57. The van der Waals surface area contributed by atoms with Gasteiger partial charge in [-0.3, -0.25) is 4.90 Å². The fraction of sp³-hybridized carbons (Fsp3) is 1.00. The van der Waals surface area contributed by atoms with E-state index in [2.05, 4.69) is 32.6 Å². The Morgan fingerprint density at radius 2 is 2.11 bits per heavy atom. The van der Waals surface area contributed by atoms with Gasteiger partial charge in [-0.15, -0.1) is 0 Å². The molecule has 0 saturated carbocycles. The highest BCUT2D eigenvalue weighted by molar-refractivity contribution is 4.78. The van der Waals surface area contributed by atoms with Crippen molar-refractivity contribution in [2.75, 3.05) is 26.2 Å². The zero-order chi connectivity index (χ0) is 13.6. The molecule has 1 rings (SSSR count). The molecule has 2 atom stereocenters. The number of hydrogen-bond donors (Lipinski definition) is 1. The van der Waals surface area contributed by atoms with Gasteiger partial charge in [0.25, 0.3) is 0 Å². The Hall–Kier alpha value is -0.120. The van der Waals surface area contributed by atoms with Crippen LogP contribution in [0.1, 0.15) is 53.4 Å². The summed E-state index contributed by atoms with van der Waals surface area (Å²) in [4.78, 5) is 2.40. The van der Waals surface area contributed by atoms with E-state index in [9.17, 15) is 5.11 Å². The van der Waals surface area contributed by atoms with Gasteiger partial charge in [0.2, 0.25) is 0 Å². The minimum atomic E-state index is -0.299. The quantitative estimate of drug-likeness (QED) is 0.794. The summed E-state index contributed by atoms with van der Waals surface area (Å²) in [6.07, 6.45) is 4.00. The maximum atomic E-state index is 10.2. The van der Waals surface area contributed by atoms with Crippen LogP contribution in [0.5, 0.6) is 0 Å². The van der Waals surface area contributed by atoms with Crippen LogP contribution in [0, 0.1) is 5.41 Å². The average molecular weight is 257 g/mol. The summed E-state index contributed by atoms with van der Waals surface area (Å²) in [6.45, 7) is 12.7. The minimum Gasteiger partial charge on any atom is -0.390 e. The number of hydrogen-bond acceptors (Lipinski definition) is 3. The number of morpholine rings is 1. The number of aliphatic hydroxyl groups is 1. The summed E-state index contributed by atoms with van der Waals surface area (Å²) >= 11 is 0. The first-order valence-electron chi connectivity index (χ1n) is 7.44. The standard InChI is InChI=1S/C15H31NO2/c1-5-9-16-10-11-18-14(12-16)13(17)7-6-8-15(2,3)4/h13-14,17H,5-12H2,1-4H3. The molecule has 0 aromatic heterocycles. The molecule has 3 nitrogen and oxygen atoms in total. The molecule has 0 bridgehead atoms. The van der Waals surface area contributed by atoms with Gasteiger partial charge in [-0.25, -0.2) is 0 Å². The molecule has 1 N–H and O–H groups in total. The molecule has 1 saturated heterocycles. The summed E-state index contributed by atoms with van der Waals surface area (Å²) in [6, 6.07) is 0. The van der Waals surface area contributed by atoms with Crippen molar-refractivity contribution in [3.63, 3.8) is 0 Å². The van der Waals surface area contributed by atoms with E-state index in [0.29, 0.717) is 5.41 Å². The number of nitrogens with zero attached hydrogens (tertiary/aromatic N) is 1. The first kappa shape index (κ1) is 15.9. The Morgan fingerprint density at radius 1 is 1.39 bits per heavy atom. The topological polar surface area (TPSA) is 32.7 Å². The fourth-order valence-electron chi connectivity index (χ4n) is 2.51. The second kappa shape index (κ2) is 7.46. The van der Waals surface area contributed by atoms with E-state index in [4.69, 9.17) is 4.74 Å². The molecular formula is C15H31NO2.